The Kier molecular flexibility index (Phi) is 7.63. The summed E-state index contributed by atoms with van der Waals surface area (Å²) in [6.45, 7) is 9.81. The molecule has 0 aromatic carbocycles. The number of carbonyl (C=O) groups is 1. The number of likely N-dealkylation sites (tertiary alicyclic amines) is 1. The molecule has 30 heavy (non-hydrogen) atoms. The molecule has 0 aromatic rings. The lowest BCUT2D eigenvalue weighted by Gasteiger charge is -2.38. The lowest BCUT2D eigenvalue weighted by atomic mass is 10.0. The number of nitrogens with zero attached hydrogens (tertiary/aromatic N) is 3. The molecule has 0 spiro atoms. The van der Waals surface area contributed by atoms with Crippen LogP contribution in [0.1, 0.15) is 40.0 Å². The highest BCUT2D eigenvalue weighted by atomic mass is 35.5. The number of alkyl halides is 2. The average Bonchev–Trinajstić information content (AvgIpc) is 2.67. The number of piperidine rings is 1. The van der Waals surface area contributed by atoms with Crippen LogP contribution in [0.5, 0.6) is 0 Å². The maximum Gasteiger partial charge on any atom is 0.410 e. The van der Waals surface area contributed by atoms with Gasteiger partial charge in [0.1, 0.15) is 11.4 Å². The maximum atomic E-state index is 12.3. The number of hydrogen-bond donors (Lipinski definition) is 2. The van der Waals surface area contributed by atoms with Gasteiger partial charge in [0.2, 0.25) is 5.96 Å². The molecule has 0 bridgehead atoms. The lowest BCUT2D eigenvalue weighted by molar-refractivity contribution is 0.0200. The average molecular weight is 462 g/mol. The maximum absolute atomic E-state index is 12.3. The van der Waals surface area contributed by atoms with Crippen LogP contribution in [-0.4, -0.2) is 83.8 Å². The van der Waals surface area contributed by atoms with Crippen molar-refractivity contribution < 1.29 is 14.3 Å². The van der Waals surface area contributed by atoms with Crippen molar-refractivity contribution in [1.29, 1.82) is 0 Å². The van der Waals surface area contributed by atoms with Crippen LogP contribution in [0.15, 0.2) is 16.9 Å². The first-order valence-electron chi connectivity index (χ1n) is 10.6. The van der Waals surface area contributed by atoms with E-state index in [9.17, 15) is 4.79 Å². The highest BCUT2D eigenvalue weighted by Crippen LogP contribution is 2.29. The van der Waals surface area contributed by atoms with Gasteiger partial charge in [-0.15, -0.1) is 11.6 Å². The molecule has 1 amide bonds. The number of carbonyl (C=O) groups excluding carboxylic acids is 1. The van der Waals surface area contributed by atoms with Crippen molar-refractivity contribution in [2.75, 3.05) is 45.3 Å². The molecule has 3 heterocycles. The number of amides is 1. The molecular formula is C20H33Cl2N5O3. The van der Waals surface area contributed by atoms with Crippen molar-refractivity contribution >= 4 is 35.3 Å². The summed E-state index contributed by atoms with van der Waals surface area (Å²) in [4.78, 5) is 20.0. The van der Waals surface area contributed by atoms with Crippen LogP contribution in [-0.2, 0) is 9.47 Å². The van der Waals surface area contributed by atoms with Crippen LogP contribution in [0.25, 0.3) is 0 Å². The Morgan fingerprint density at radius 2 is 2.00 bits per heavy atom. The second-order valence-electron chi connectivity index (χ2n) is 8.86. The molecule has 3 aliphatic heterocycles. The fourth-order valence-corrected chi connectivity index (χ4v) is 4.30. The molecule has 2 N–H and O–H groups in total. The molecule has 0 aromatic heterocycles. The fourth-order valence-electron chi connectivity index (χ4n) is 3.63. The van der Waals surface area contributed by atoms with Gasteiger partial charge in [-0.25, -0.2) is 9.79 Å². The van der Waals surface area contributed by atoms with Crippen molar-refractivity contribution in [3.63, 3.8) is 0 Å². The first kappa shape index (κ1) is 23.3. The van der Waals surface area contributed by atoms with Crippen molar-refractivity contribution in [3.8, 4) is 0 Å². The number of ether oxygens (including phenoxy) is 2. The molecule has 1 unspecified atom stereocenters. The zero-order valence-corrected chi connectivity index (χ0v) is 19.6. The molecule has 8 nitrogen and oxygen atoms in total. The van der Waals surface area contributed by atoms with E-state index in [-0.39, 0.29) is 12.1 Å². The van der Waals surface area contributed by atoms with Gasteiger partial charge in [-0.05, 0) is 39.7 Å². The van der Waals surface area contributed by atoms with E-state index >= 15 is 0 Å². The van der Waals surface area contributed by atoms with Crippen molar-refractivity contribution in [1.82, 2.24) is 20.4 Å². The van der Waals surface area contributed by atoms with E-state index in [1.54, 1.807) is 4.90 Å². The number of aliphatic imine (C=N–C) groups is 1. The molecule has 1 atom stereocenters. The topological polar surface area (TPSA) is 78.4 Å². The van der Waals surface area contributed by atoms with E-state index in [0.717, 1.165) is 37.7 Å². The normalized spacial score (nSPS) is 25.9. The first-order chi connectivity index (χ1) is 14.2. The molecule has 2 fully saturated rings. The summed E-state index contributed by atoms with van der Waals surface area (Å²) < 4.78 is 10.9. The summed E-state index contributed by atoms with van der Waals surface area (Å²) in [5.74, 6) is 2.00. The minimum absolute atomic E-state index is 0.225. The highest BCUT2D eigenvalue weighted by molar-refractivity contribution is 6.27. The molecule has 0 radical (unpaired) electrons. The van der Waals surface area contributed by atoms with Crippen LogP contribution < -0.4 is 10.6 Å². The Hall–Kier alpha value is -1.38. The lowest BCUT2D eigenvalue weighted by Crippen LogP contribution is -2.54. The van der Waals surface area contributed by atoms with Crippen LogP contribution in [0.2, 0.25) is 0 Å². The summed E-state index contributed by atoms with van der Waals surface area (Å²) in [7, 11) is 0. The second-order valence-corrected chi connectivity index (χ2v) is 9.89. The molecule has 10 heteroatoms. The molecule has 0 saturated carbocycles. The van der Waals surface area contributed by atoms with E-state index in [1.165, 1.54) is 0 Å². The summed E-state index contributed by atoms with van der Waals surface area (Å²) >= 11 is 12.8. The summed E-state index contributed by atoms with van der Waals surface area (Å²) in [6.07, 6.45) is 3.84. The van der Waals surface area contributed by atoms with Crippen LogP contribution in [0.3, 0.4) is 0 Å². The SMILES string of the molecule is CC(C)(C)OC(=O)N1CCC(NC2=CC(Cl)(CCCl)N=C(N3CCOCC3)N2)CC1. The Labute approximate surface area is 188 Å². The van der Waals surface area contributed by atoms with Gasteiger partial charge in [0.05, 0.1) is 13.2 Å². The number of guanidine groups is 1. The standard InChI is InChI=1S/C20H33Cl2N5O3/c1-19(2,3)30-18(28)27-8-4-15(5-9-27)23-16-14-20(22,6-7-21)25-17(24-16)26-10-12-29-13-11-26/h14-15,23H,4-13H2,1-3H3,(H,24,25). The third kappa shape index (κ3) is 6.56. The van der Waals surface area contributed by atoms with Crippen LogP contribution in [0, 0.1) is 0 Å². The predicted octanol–water partition coefficient (Wildman–Crippen LogP) is 2.67. The number of morpholine rings is 1. The van der Waals surface area contributed by atoms with Gasteiger partial charge in [0, 0.05) is 44.5 Å². The van der Waals surface area contributed by atoms with Gasteiger partial charge in [-0.3, -0.25) is 0 Å². The van der Waals surface area contributed by atoms with Gasteiger partial charge in [0.15, 0.2) is 5.00 Å². The Morgan fingerprint density at radius 3 is 2.60 bits per heavy atom. The largest absolute Gasteiger partial charge is 0.444 e. The van der Waals surface area contributed by atoms with E-state index in [0.29, 0.717) is 38.6 Å². The quantitative estimate of drug-likeness (QED) is 0.494. The zero-order chi connectivity index (χ0) is 21.8. The number of hydrogen-bond acceptors (Lipinski definition) is 7. The highest BCUT2D eigenvalue weighted by Gasteiger charge is 2.33. The number of nitrogens with one attached hydrogen (secondary N) is 2. The van der Waals surface area contributed by atoms with Crippen molar-refractivity contribution in [3.05, 3.63) is 11.9 Å². The van der Waals surface area contributed by atoms with E-state index in [1.807, 2.05) is 26.8 Å². The van der Waals surface area contributed by atoms with Gasteiger partial charge in [-0.2, -0.15) is 0 Å². The van der Waals surface area contributed by atoms with Crippen molar-refractivity contribution in [2.45, 2.75) is 56.7 Å². The minimum atomic E-state index is -0.875. The smallest absolute Gasteiger partial charge is 0.410 e. The van der Waals surface area contributed by atoms with E-state index < -0.39 is 10.6 Å². The Bertz CT molecular complexity index is 668. The zero-order valence-electron chi connectivity index (χ0n) is 18.0. The number of rotatable bonds is 4. The monoisotopic (exact) mass is 461 g/mol. The summed E-state index contributed by atoms with van der Waals surface area (Å²) in [5.41, 5.74) is -0.482. The van der Waals surface area contributed by atoms with Crippen LogP contribution in [0.4, 0.5) is 4.79 Å². The Balaban J connectivity index is 1.59. The summed E-state index contributed by atoms with van der Waals surface area (Å²) in [6, 6.07) is 0.225. The molecule has 170 valence electrons. The number of halogens is 2. The summed E-state index contributed by atoms with van der Waals surface area (Å²) in [5, 5.41) is 6.94. The van der Waals surface area contributed by atoms with Gasteiger partial charge < -0.3 is 29.9 Å². The molecule has 0 aliphatic carbocycles. The van der Waals surface area contributed by atoms with E-state index in [2.05, 4.69) is 15.5 Å². The van der Waals surface area contributed by atoms with Crippen LogP contribution >= 0.6 is 23.2 Å². The third-order valence-electron chi connectivity index (χ3n) is 5.17. The second kappa shape index (κ2) is 9.83. The molecular weight excluding hydrogens is 429 g/mol. The Morgan fingerprint density at radius 1 is 1.33 bits per heavy atom. The fraction of sp³-hybridized carbons (Fsp3) is 0.800. The third-order valence-corrected chi connectivity index (χ3v) is 5.74. The minimum Gasteiger partial charge on any atom is -0.444 e. The van der Waals surface area contributed by atoms with Gasteiger partial charge in [0.25, 0.3) is 0 Å². The predicted molar refractivity (Wildman–Crippen MR) is 119 cm³/mol. The van der Waals surface area contributed by atoms with Gasteiger partial charge in [-0.1, -0.05) is 11.6 Å². The van der Waals surface area contributed by atoms with E-state index in [4.69, 9.17) is 37.7 Å². The molecule has 2 saturated heterocycles. The van der Waals surface area contributed by atoms with Crippen molar-refractivity contribution in [2.24, 2.45) is 4.99 Å². The molecule has 3 aliphatic rings. The first-order valence-corrected chi connectivity index (χ1v) is 11.5. The van der Waals surface area contributed by atoms with Gasteiger partial charge >= 0.3 is 6.09 Å². The molecule has 3 rings (SSSR count).